The van der Waals surface area contributed by atoms with Gasteiger partial charge in [0.2, 0.25) is 5.91 Å². The molecule has 21 heavy (non-hydrogen) atoms. The van der Waals surface area contributed by atoms with Crippen LogP contribution in [0.25, 0.3) is 0 Å². The number of carbonyl (C=O) groups is 1. The van der Waals surface area contributed by atoms with Crippen molar-refractivity contribution in [3.05, 3.63) is 65.5 Å². The molecule has 5 heteroatoms. The molecule has 110 valence electrons. The molecule has 0 saturated carbocycles. The Morgan fingerprint density at radius 2 is 1.67 bits per heavy atom. The Kier molecular flexibility index (Phi) is 4.62. The summed E-state index contributed by atoms with van der Waals surface area (Å²) in [5.41, 5.74) is 0.950. The van der Waals surface area contributed by atoms with Crippen molar-refractivity contribution in [1.82, 2.24) is 0 Å². The lowest BCUT2D eigenvalue weighted by Gasteiger charge is -2.21. The summed E-state index contributed by atoms with van der Waals surface area (Å²) in [6.07, 6.45) is 0.0626. The summed E-state index contributed by atoms with van der Waals surface area (Å²) in [4.78, 5) is 13.6. The van der Waals surface area contributed by atoms with Gasteiger partial charge in [0.25, 0.3) is 0 Å². The quantitative estimate of drug-likeness (QED) is 0.841. The second-order valence-corrected chi connectivity index (χ2v) is 4.54. The van der Waals surface area contributed by atoms with Gasteiger partial charge in [-0.1, -0.05) is 12.1 Å². The van der Waals surface area contributed by atoms with Crippen LogP contribution in [0.1, 0.15) is 12.5 Å². The number of amides is 1. The standard InChI is InChI=1S/C16H14F3NO/c1-2-20(13-7-8-14(18)15(19)10-13)16(21)9-11-3-5-12(17)6-4-11/h3-8,10H,2,9H2,1H3. The molecule has 0 unspecified atom stereocenters. The van der Waals surface area contributed by atoms with Crippen LogP contribution < -0.4 is 4.90 Å². The largest absolute Gasteiger partial charge is 0.312 e. The minimum absolute atomic E-state index is 0.0626. The van der Waals surface area contributed by atoms with Crippen LogP contribution >= 0.6 is 0 Å². The number of hydrogen-bond donors (Lipinski definition) is 0. The molecule has 0 fully saturated rings. The van der Waals surface area contributed by atoms with Gasteiger partial charge in [0.05, 0.1) is 6.42 Å². The summed E-state index contributed by atoms with van der Waals surface area (Å²) >= 11 is 0. The number of halogens is 3. The molecule has 0 aliphatic rings. The molecule has 0 aliphatic carbocycles. The zero-order valence-electron chi connectivity index (χ0n) is 11.4. The van der Waals surface area contributed by atoms with Gasteiger partial charge in [-0.3, -0.25) is 4.79 Å². The summed E-state index contributed by atoms with van der Waals surface area (Å²) in [7, 11) is 0. The molecule has 0 N–H and O–H groups in total. The van der Waals surface area contributed by atoms with Crippen molar-refractivity contribution >= 4 is 11.6 Å². The number of carbonyl (C=O) groups excluding carboxylic acids is 1. The highest BCUT2D eigenvalue weighted by molar-refractivity contribution is 5.94. The minimum Gasteiger partial charge on any atom is -0.312 e. The van der Waals surface area contributed by atoms with Crippen LogP contribution in [0.15, 0.2) is 42.5 Å². The van der Waals surface area contributed by atoms with Gasteiger partial charge in [0.15, 0.2) is 11.6 Å². The second kappa shape index (κ2) is 6.43. The molecule has 0 aliphatic heterocycles. The molecular weight excluding hydrogens is 279 g/mol. The van der Waals surface area contributed by atoms with Gasteiger partial charge in [-0.05, 0) is 36.8 Å². The fraction of sp³-hybridized carbons (Fsp3) is 0.188. The molecule has 2 aromatic rings. The smallest absolute Gasteiger partial charge is 0.231 e. The lowest BCUT2D eigenvalue weighted by molar-refractivity contribution is -0.117. The summed E-state index contributed by atoms with van der Waals surface area (Å²) in [6, 6.07) is 8.91. The lowest BCUT2D eigenvalue weighted by atomic mass is 10.1. The number of rotatable bonds is 4. The predicted octanol–water partition coefficient (Wildman–Crippen LogP) is 3.70. The van der Waals surface area contributed by atoms with E-state index >= 15 is 0 Å². The van der Waals surface area contributed by atoms with Gasteiger partial charge < -0.3 is 4.90 Å². The van der Waals surface area contributed by atoms with E-state index in [1.165, 1.54) is 35.2 Å². The molecule has 2 rings (SSSR count). The van der Waals surface area contributed by atoms with Crippen molar-refractivity contribution < 1.29 is 18.0 Å². The molecule has 0 radical (unpaired) electrons. The van der Waals surface area contributed by atoms with Crippen LogP contribution in [-0.4, -0.2) is 12.5 Å². The molecule has 2 nitrogen and oxygen atoms in total. The number of benzene rings is 2. The third-order valence-corrected chi connectivity index (χ3v) is 3.10. The number of anilines is 1. The van der Waals surface area contributed by atoms with Crippen molar-refractivity contribution in [2.75, 3.05) is 11.4 Å². The van der Waals surface area contributed by atoms with Crippen molar-refractivity contribution in [2.45, 2.75) is 13.3 Å². The van der Waals surface area contributed by atoms with Crippen LogP contribution in [0.5, 0.6) is 0 Å². The van der Waals surface area contributed by atoms with E-state index < -0.39 is 11.6 Å². The second-order valence-electron chi connectivity index (χ2n) is 4.54. The summed E-state index contributed by atoms with van der Waals surface area (Å²) < 4.78 is 39.0. The highest BCUT2D eigenvalue weighted by Crippen LogP contribution is 2.19. The Hall–Kier alpha value is -2.30. The zero-order valence-corrected chi connectivity index (χ0v) is 11.4. The van der Waals surface area contributed by atoms with Crippen molar-refractivity contribution in [3.8, 4) is 0 Å². The SMILES string of the molecule is CCN(C(=O)Cc1ccc(F)cc1)c1ccc(F)c(F)c1. The third-order valence-electron chi connectivity index (χ3n) is 3.10. The predicted molar refractivity (Wildman–Crippen MR) is 74.5 cm³/mol. The molecular formula is C16H14F3NO. The summed E-state index contributed by atoms with van der Waals surface area (Å²) in [5.74, 6) is -2.60. The number of likely N-dealkylation sites (N-methyl/N-ethyl adjacent to an activating group) is 1. The molecule has 0 heterocycles. The summed E-state index contributed by atoms with van der Waals surface area (Å²) in [5, 5.41) is 0. The van der Waals surface area contributed by atoms with E-state index in [-0.39, 0.29) is 18.1 Å². The van der Waals surface area contributed by atoms with Crippen LogP contribution in [-0.2, 0) is 11.2 Å². The van der Waals surface area contributed by atoms with Gasteiger partial charge in [-0.15, -0.1) is 0 Å². The minimum atomic E-state index is -1.000. The van der Waals surface area contributed by atoms with Crippen molar-refractivity contribution in [3.63, 3.8) is 0 Å². The number of hydrogen-bond acceptors (Lipinski definition) is 1. The van der Waals surface area contributed by atoms with Crippen LogP contribution in [0.4, 0.5) is 18.9 Å². The molecule has 0 bridgehead atoms. The monoisotopic (exact) mass is 293 g/mol. The average molecular weight is 293 g/mol. The first-order chi connectivity index (χ1) is 10.0. The zero-order chi connectivity index (χ0) is 15.4. The first kappa shape index (κ1) is 15.1. The van der Waals surface area contributed by atoms with E-state index in [4.69, 9.17) is 0 Å². The molecule has 1 amide bonds. The van der Waals surface area contributed by atoms with E-state index in [0.717, 1.165) is 12.1 Å². The topological polar surface area (TPSA) is 20.3 Å². The number of nitrogens with zero attached hydrogens (tertiary/aromatic N) is 1. The van der Waals surface area contributed by atoms with E-state index in [0.29, 0.717) is 17.8 Å². The van der Waals surface area contributed by atoms with E-state index in [1.807, 2.05) is 0 Å². The first-order valence-corrected chi connectivity index (χ1v) is 6.51. The van der Waals surface area contributed by atoms with E-state index in [9.17, 15) is 18.0 Å². The lowest BCUT2D eigenvalue weighted by Crippen LogP contribution is -2.32. The molecule has 0 spiro atoms. The highest BCUT2D eigenvalue weighted by atomic mass is 19.2. The van der Waals surface area contributed by atoms with Gasteiger partial charge in [-0.2, -0.15) is 0 Å². The Labute approximate surface area is 120 Å². The highest BCUT2D eigenvalue weighted by Gasteiger charge is 2.16. The Bertz CT molecular complexity index is 640. The van der Waals surface area contributed by atoms with Gasteiger partial charge in [0.1, 0.15) is 5.82 Å². The van der Waals surface area contributed by atoms with Crippen LogP contribution in [0, 0.1) is 17.5 Å². The van der Waals surface area contributed by atoms with E-state index in [1.54, 1.807) is 6.92 Å². The fourth-order valence-corrected chi connectivity index (χ4v) is 2.03. The maximum atomic E-state index is 13.3. The maximum absolute atomic E-state index is 13.3. The van der Waals surface area contributed by atoms with Crippen molar-refractivity contribution in [1.29, 1.82) is 0 Å². The molecule has 0 aromatic heterocycles. The average Bonchev–Trinajstić information content (AvgIpc) is 2.46. The molecule has 0 atom stereocenters. The maximum Gasteiger partial charge on any atom is 0.231 e. The summed E-state index contributed by atoms with van der Waals surface area (Å²) in [6.45, 7) is 2.06. The normalized spacial score (nSPS) is 10.5. The van der Waals surface area contributed by atoms with E-state index in [2.05, 4.69) is 0 Å². The van der Waals surface area contributed by atoms with Crippen LogP contribution in [0.3, 0.4) is 0 Å². The van der Waals surface area contributed by atoms with Gasteiger partial charge >= 0.3 is 0 Å². The fourth-order valence-electron chi connectivity index (χ4n) is 2.03. The Morgan fingerprint density at radius 3 is 2.24 bits per heavy atom. The van der Waals surface area contributed by atoms with Crippen LogP contribution in [0.2, 0.25) is 0 Å². The molecule has 2 aromatic carbocycles. The van der Waals surface area contributed by atoms with Crippen molar-refractivity contribution in [2.24, 2.45) is 0 Å². The van der Waals surface area contributed by atoms with Gasteiger partial charge in [-0.25, -0.2) is 13.2 Å². The Balaban J connectivity index is 2.18. The third kappa shape index (κ3) is 3.62. The Morgan fingerprint density at radius 1 is 1.00 bits per heavy atom. The van der Waals surface area contributed by atoms with Gasteiger partial charge in [0, 0.05) is 18.3 Å². The molecule has 0 saturated heterocycles. The first-order valence-electron chi connectivity index (χ1n) is 6.51.